The van der Waals surface area contributed by atoms with Crippen LogP contribution in [0.3, 0.4) is 0 Å². The zero-order valence-corrected chi connectivity index (χ0v) is 4.61. The molecular formula is C4H6N4O. The first-order chi connectivity index (χ1) is 4.22. The summed E-state index contributed by atoms with van der Waals surface area (Å²) < 4.78 is 1.06. The van der Waals surface area contributed by atoms with Gasteiger partial charge in [0.2, 0.25) is 5.95 Å². The highest BCUT2D eigenvalue weighted by Gasteiger charge is 1.99. The van der Waals surface area contributed by atoms with Gasteiger partial charge in [-0.15, -0.1) is 0 Å². The van der Waals surface area contributed by atoms with Gasteiger partial charge in [-0.05, 0) is 0 Å². The topological polar surface area (TPSA) is 86.9 Å². The van der Waals surface area contributed by atoms with Crippen LogP contribution in [0.1, 0.15) is 0 Å². The summed E-state index contributed by atoms with van der Waals surface area (Å²) in [5.41, 5.74) is 10.1. The van der Waals surface area contributed by atoms with Gasteiger partial charge in [0.15, 0.2) is 0 Å². The molecule has 48 valence electrons. The van der Waals surface area contributed by atoms with Crippen LogP contribution in [-0.4, -0.2) is 15.6 Å². The Hall–Kier alpha value is -1.52. The Morgan fingerprint density at radius 3 is 2.67 bits per heavy atom. The fourth-order valence-corrected chi connectivity index (χ4v) is 0.501. The Morgan fingerprint density at radius 1 is 1.78 bits per heavy atom. The molecule has 4 N–H and O–H groups in total. The van der Waals surface area contributed by atoms with Gasteiger partial charge in [0.1, 0.15) is 0 Å². The molecule has 0 fully saturated rings. The third-order valence-corrected chi connectivity index (χ3v) is 0.907. The van der Waals surface area contributed by atoms with Crippen LogP contribution in [0.5, 0.6) is 0 Å². The molecule has 5 heteroatoms. The van der Waals surface area contributed by atoms with Crippen molar-refractivity contribution in [2.45, 2.75) is 0 Å². The van der Waals surface area contributed by atoms with E-state index in [-0.39, 0.29) is 5.95 Å². The molecule has 0 radical (unpaired) electrons. The second-order valence-corrected chi connectivity index (χ2v) is 1.49. The number of amides is 1. The Labute approximate surface area is 51.3 Å². The maximum Gasteiger partial charge on any atom is 0.325 e. The Morgan fingerprint density at radius 2 is 2.44 bits per heavy atom. The number of nitrogen functional groups attached to an aromatic ring is 1. The van der Waals surface area contributed by atoms with E-state index in [2.05, 4.69) is 4.98 Å². The summed E-state index contributed by atoms with van der Waals surface area (Å²) in [5.74, 6) is 0.113. The Balaban J connectivity index is 3.08. The van der Waals surface area contributed by atoms with Gasteiger partial charge >= 0.3 is 6.03 Å². The highest BCUT2D eigenvalue weighted by atomic mass is 16.2. The van der Waals surface area contributed by atoms with Crippen molar-refractivity contribution < 1.29 is 4.79 Å². The molecule has 0 unspecified atom stereocenters. The number of carbonyl (C=O) groups excluding carboxylic acids is 1. The highest BCUT2D eigenvalue weighted by Crippen LogP contribution is 1.94. The zero-order valence-electron chi connectivity index (χ0n) is 4.61. The number of nitrogens with zero attached hydrogens (tertiary/aromatic N) is 2. The second kappa shape index (κ2) is 1.77. The number of nitrogens with two attached hydrogens (primary N) is 2. The molecule has 1 aromatic rings. The van der Waals surface area contributed by atoms with E-state index in [1.807, 2.05) is 0 Å². The zero-order chi connectivity index (χ0) is 6.85. The lowest BCUT2D eigenvalue weighted by Gasteiger charge is -1.93. The summed E-state index contributed by atoms with van der Waals surface area (Å²) in [6, 6.07) is -0.620. The second-order valence-electron chi connectivity index (χ2n) is 1.49. The summed E-state index contributed by atoms with van der Waals surface area (Å²) in [5, 5.41) is 0. The number of rotatable bonds is 0. The Kier molecular flexibility index (Phi) is 1.11. The average molecular weight is 126 g/mol. The van der Waals surface area contributed by atoms with Crippen LogP contribution in [0, 0.1) is 0 Å². The lowest BCUT2D eigenvalue weighted by Crippen LogP contribution is -2.20. The minimum absolute atomic E-state index is 0.113. The van der Waals surface area contributed by atoms with Gasteiger partial charge < -0.3 is 11.5 Å². The van der Waals surface area contributed by atoms with Gasteiger partial charge in [0.05, 0.1) is 0 Å². The molecule has 0 saturated heterocycles. The van der Waals surface area contributed by atoms with Crippen LogP contribution in [0.4, 0.5) is 10.7 Å². The lowest BCUT2D eigenvalue weighted by atomic mass is 10.8. The van der Waals surface area contributed by atoms with E-state index >= 15 is 0 Å². The molecule has 0 aromatic carbocycles. The lowest BCUT2D eigenvalue weighted by molar-refractivity contribution is 0.250. The van der Waals surface area contributed by atoms with Crippen molar-refractivity contribution in [2.75, 3.05) is 5.73 Å². The quantitative estimate of drug-likeness (QED) is 0.486. The molecule has 0 aliphatic rings. The molecule has 0 aliphatic heterocycles. The molecule has 5 nitrogen and oxygen atoms in total. The maximum atomic E-state index is 10.3. The summed E-state index contributed by atoms with van der Waals surface area (Å²) in [6.07, 6.45) is 2.80. The third kappa shape index (κ3) is 0.835. The van der Waals surface area contributed by atoms with Crippen molar-refractivity contribution in [2.24, 2.45) is 5.73 Å². The van der Waals surface area contributed by atoms with Crippen LogP contribution in [0.15, 0.2) is 12.4 Å². The van der Waals surface area contributed by atoms with Crippen molar-refractivity contribution in [3.8, 4) is 0 Å². The monoisotopic (exact) mass is 126 g/mol. The van der Waals surface area contributed by atoms with E-state index in [4.69, 9.17) is 11.5 Å². The molecule has 0 bridgehead atoms. The number of anilines is 1. The summed E-state index contributed by atoms with van der Waals surface area (Å²) in [4.78, 5) is 13.9. The van der Waals surface area contributed by atoms with Gasteiger partial charge in [0.25, 0.3) is 0 Å². The van der Waals surface area contributed by atoms with E-state index < -0.39 is 6.03 Å². The highest BCUT2D eigenvalue weighted by molar-refractivity contribution is 5.77. The number of hydrogen-bond acceptors (Lipinski definition) is 3. The van der Waals surface area contributed by atoms with Crippen molar-refractivity contribution in [3.05, 3.63) is 12.4 Å². The molecule has 0 atom stereocenters. The Bertz CT molecular complexity index is 228. The summed E-state index contributed by atoms with van der Waals surface area (Å²) in [6.45, 7) is 0. The fourth-order valence-electron chi connectivity index (χ4n) is 0.501. The molecule has 0 saturated carbocycles. The smallest absolute Gasteiger partial charge is 0.325 e. The number of imidazole rings is 1. The molecule has 1 heterocycles. The number of primary amides is 1. The molecule has 0 aliphatic carbocycles. The van der Waals surface area contributed by atoms with Gasteiger partial charge in [0, 0.05) is 12.4 Å². The molecule has 1 rings (SSSR count). The van der Waals surface area contributed by atoms with E-state index in [0.717, 1.165) is 4.57 Å². The average Bonchev–Trinajstić information content (AvgIpc) is 2.13. The van der Waals surface area contributed by atoms with Gasteiger partial charge in [-0.3, -0.25) is 0 Å². The van der Waals surface area contributed by atoms with Crippen molar-refractivity contribution in [1.82, 2.24) is 9.55 Å². The molecule has 1 amide bonds. The van der Waals surface area contributed by atoms with E-state index in [9.17, 15) is 4.79 Å². The molecular weight excluding hydrogens is 120 g/mol. The van der Waals surface area contributed by atoms with Crippen molar-refractivity contribution >= 4 is 12.0 Å². The molecule has 1 aromatic heterocycles. The third-order valence-electron chi connectivity index (χ3n) is 0.907. The molecule has 9 heavy (non-hydrogen) atoms. The van der Waals surface area contributed by atoms with Gasteiger partial charge in [-0.1, -0.05) is 0 Å². The van der Waals surface area contributed by atoms with E-state index in [0.29, 0.717) is 0 Å². The predicted octanol–water partition coefficient (Wildman–Crippen LogP) is -0.608. The van der Waals surface area contributed by atoms with Crippen LogP contribution in [0.25, 0.3) is 0 Å². The number of hydrogen-bond donors (Lipinski definition) is 2. The SMILES string of the molecule is NC(=O)n1ccnc1N. The number of aromatic nitrogens is 2. The van der Waals surface area contributed by atoms with E-state index in [1.165, 1.54) is 12.4 Å². The normalized spacial score (nSPS) is 9.33. The van der Waals surface area contributed by atoms with E-state index in [1.54, 1.807) is 0 Å². The summed E-state index contributed by atoms with van der Waals surface area (Å²) in [7, 11) is 0. The number of carbonyl (C=O) groups is 1. The fraction of sp³-hybridized carbons (Fsp3) is 0. The first-order valence-corrected chi connectivity index (χ1v) is 2.30. The van der Waals surface area contributed by atoms with Crippen LogP contribution in [-0.2, 0) is 0 Å². The minimum atomic E-state index is -0.620. The standard InChI is InChI=1S/C4H6N4O/c5-3-7-1-2-8(3)4(6)9/h1-2H,(H2,5,7)(H2,6,9). The van der Waals surface area contributed by atoms with Crippen molar-refractivity contribution in [3.63, 3.8) is 0 Å². The maximum absolute atomic E-state index is 10.3. The van der Waals surface area contributed by atoms with Crippen LogP contribution in [0.2, 0.25) is 0 Å². The first kappa shape index (κ1) is 5.61. The van der Waals surface area contributed by atoms with Crippen LogP contribution >= 0.6 is 0 Å². The van der Waals surface area contributed by atoms with Crippen LogP contribution < -0.4 is 11.5 Å². The van der Waals surface area contributed by atoms with Gasteiger partial charge in [-0.25, -0.2) is 14.3 Å². The first-order valence-electron chi connectivity index (χ1n) is 2.30. The van der Waals surface area contributed by atoms with Gasteiger partial charge in [-0.2, -0.15) is 0 Å². The summed E-state index contributed by atoms with van der Waals surface area (Å²) >= 11 is 0. The minimum Gasteiger partial charge on any atom is -0.369 e. The molecule has 0 spiro atoms. The predicted molar refractivity (Wildman–Crippen MR) is 31.6 cm³/mol. The largest absolute Gasteiger partial charge is 0.369 e. The van der Waals surface area contributed by atoms with Crippen molar-refractivity contribution in [1.29, 1.82) is 0 Å².